The Morgan fingerprint density at radius 1 is 0.894 bits per heavy atom. The number of nitrogens with one attached hydrogen (secondary N) is 3. The fraction of sp³-hybridized carbons (Fsp3) is 0.383. The van der Waals surface area contributed by atoms with Gasteiger partial charge in [0.1, 0.15) is 17.7 Å². The van der Waals surface area contributed by atoms with Gasteiger partial charge in [0.05, 0.1) is 36.3 Å². The molecule has 0 saturated carbocycles. The van der Waals surface area contributed by atoms with E-state index >= 15 is 8.78 Å². The summed E-state index contributed by atoms with van der Waals surface area (Å²) in [6.45, 7) is 3.48. The third-order valence-electron chi connectivity index (χ3n) is 13.5. The molecule has 5 aliphatic rings. The molecule has 2 atom stereocenters. The molecular formula is C47H48F2N10O6S. The number of thiazole rings is 1. The minimum atomic E-state index is -1.22. The Kier molecular flexibility index (Phi) is 11.5. The number of halogens is 2. The second kappa shape index (κ2) is 17.6. The monoisotopic (exact) mass is 918 g/mol. The molecule has 1 unspecified atom stereocenters. The number of aryl methyl sites for hydroxylation is 1. The van der Waals surface area contributed by atoms with Gasteiger partial charge in [-0.3, -0.25) is 34.6 Å². The molecule has 5 aliphatic heterocycles. The zero-order valence-electron chi connectivity index (χ0n) is 36.0. The topological polar surface area (TPSA) is 185 Å². The van der Waals surface area contributed by atoms with Crippen LogP contribution in [-0.4, -0.2) is 110 Å². The van der Waals surface area contributed by atoms with Gasteiger partial charge < -0.3 is 34.6 Å². The van der Waals surface area contributed by atoms with E-state index in [0.29, 0.717) is 91.9 Å². The summed E-state index contributed by atoms with van der Waals surface area (Å²) >= 11 is 1.26. The van der Waals surface area contributed by atoms with Crippen molar-refractivity contribution in [2.45, 2.75) is 75.7 Å². The molecule has 7 heterocycles. The van der Waals surface area contributed by atoms with Gasteiger partial charge in [0, 0.05) is 92.0 Å². The van der Waals surface area contributed by atoms with Gasteiger partial charge >= 0.3 is 0 Å². The number of anilines is 4. The van der Waals surface area contributed by atoms with E-state index in [0.717, 1.165) is 30.8 Å². The number of fused-ring (bicyclic) bond motifs is 2. The number of carbonyl (C=O) groups is 5. The molecule has 2 aromatic heterocycles. The van der Waals surface area contributed by atoms with Crippen molar-refractivity contribution >= 4 is 63.1 Å². The van der Waals surface area contributed by atoms with E-state index in [9.17, 15) is 29.1 Å². The highest BCUT2D eigenvalue weighted by molar-refractivity contribution is 7.13. The fourth-order valence-corrected chi connectivity index (χ4v) is 10.4. The quantitative estimate of drug-likeness (QED) is 0.133. The summed E-state index contributed by atoms with van der Waals surface area (Å²) in [5.74, 6) is -2.82. The molecule has 342 valence electrons. The van der Waals surface area contributed by atoms with Crippen molar-refractivity contribution < 1.29 is 37.9 Å². The van der Waals surface area contributed by atoms with E-state index < -0.39 is 47.0 Å². The molecule has 19 heteroatoms. The summed E-state index contributed by atoms with van der Waals surface area (Å²) in [4.78, 5) is 81.0. The number of benzene rings is 3. The van der Waals surface area contributed by atoms with Crippen LogP contribution in [0.3, 0.4) is 0 Å². The van der Waals surface area contributed by atoms with Crippen LogP contribution < -0.4 is 25.8 Å². The van der Waals surface area contributed by atoms with Crippen LogP contribution in [0.5, 0.6) is 0 Å². The lowest BCUT2D eigenvalue weighted by Crippen LogP contribution is -2.52. The lowest BCUT2D eigenvalue weighted by molar-refractivity contribution is -0.138. The molecule has 4 N–H and O–H groups in total. The molecule has 10 rings (SSSR count). The third kappa shape index (κ3) is 8.48. The zero-order chi connectivity index (χ0) is 45.7. The van der Waals surface area contributed by atoms with Crippen molar-refractivity contribution in [1.29, 1.82) is 0 Å². The van der Waals surface area contributed by atoms with E-state index in [1.807, 2.05) is 33.7 Å². The lowest BCUT2D eigenvalue weighted by Gasteiger charge is -2.41. The lowest BCUT2D eigenvalue weighted by atomic mass is 9.87. The predicted molar refractivity (Wildman–Crippen MR) is 242 cm³/mol. The normalized spacial score (nSPS) is 19.7. The Labute approximate surface area is 382 Å². The number of amides is 5. The molecule has 5 aromatic rings. The zero-order valence-corrected chi connectivity index (χ0v) is 36.8. The average Bonchev–Trinajstić information content (AvgIpc) is 4.13. The highest BCUT2D eigenvalue weighted by Crippen LogP contribution is 2.39. The van der Waals surface area contributed by atoms with Gasteiger partial charge in [-0.05, 0) is 85.7 Å². The van der Waals surface area contributed by atoms with Gasteiger partial charge in [0.2, 0.25) is 17.7 Å². The van der Waals surface area contributed by atoms with Crippen molar-refractivity contribution in [2.24, 2.45) is 0 Å². The Morgan fingerprint density at radius 3 is 2.41 bits per heavy atom. The van der Waals surface area contributed by atoms with E-state index in [2.05, 4.69) is 30.8 Å². The number of piperazine rings is 1. The molecule has 0 aliphatic carbocycles. The Balaban J connectivity index is 0.735. The maximum absolute atomic E-state index is 16.0. The van der Waals surface area contributed by atoms with Gasteiger partial charge in [-0.2, -0.15) is 0 Å². The summed E-state index contributed by atoms with van der Waals surface area (Å²) in [7, 11) is 0. The summed E-state index contributed by atoms with van der Waals surface area (Å²) in [6.07, 6.45) is 5.98. The number of aliphatic hydroxyl groups is 1. The minimum Gasteiger partial charge on any atom is -0.389 e. The summed E-state index contributed by atoms with van der Waals surface area (Å²) < 4.78 is 33.2. The summed E-state index contributed by atoms with van der Waals surface area (Å²) in [6, 6.07) is 13.7. The van der Waals surface area contributed by atoms with E-state index in [1.165, 1.54) is 28.4 Å². The van der Waals surface area contributed by atoms with Crippen LogP contribution in [0.15, 0.2) is 72.5 Å². The number of carbonyl (C=O) groups excluding carboxylic acids is 5. The SMILES string of the molecule is O=C1CC[C@H](Nc2ccc(N3CCC(O)(CC(=O)N4CCN(c5ccc(-c6cc(F)c7c(c6)C(=O)N(C(C(=O)Nc6nccs6)c6ncn8c6CCC8)C7)cc5)CC4)CC3)c(F)c2)C(=O)N1. The van der Waals surface area contributed by atoms with Crippen LogP contribution in [0.25, 0.3) is 11.1 Å². The van der Waals surface area contributed by atoms with Gasteiger partial charge in [-0.1, -0.05) is 12.1 Å². The molecule has 3 fully saturated rings. The van der Waals surface area contributed by atoms with Crippen LogP contribution in [0, 0.1) is 11.6 Å². The molecule has 0 radical (unpaired) electrons. The molecule has 3 aromatic carbocycles. The Morgan fingerprint density at radius 2 is 1.68 bits per heavy atom. The first-order valence-electron chi connectivity index (χ1n) is 22.3. The second-order valence-corrected chi connectivity index (χ2v) is 18.5. The van der Waals surface area contributed by atoms with E-state index in [1.54, 1.807) is 41.0 Å². The van der Waals surface area contributed by atoms with E-state index in [-0.39, 0.29) is 42.3 Å². The maximum atomic E-state index is 16.0. The summed E-state index contributed by atoms with van der Waals surface area (Å²) in [5.41, 5.74) is 3.56. The number of hydrogen-bond donors (Lipinski definition) is 4. The number of hydrogen-bond acceptors (Lipinski definition) is 12. The van der Waals surface area contributed by atoms with Crippen LogP contribution in [-0.2, 0) is 38.7 Å². The first kappa shape index (κ1) is 43.2. The summed E-state index contributed by atoms with van der Waals surface area (Å²) in [5, 5.41) is 21.7. The van der Waals surface area contributed by atoms with Crippen LogP contribution in [0.4, 0.5) is 31.0 Å². The molecule has 0 spiro atoms. The first-order valence-corrected chi connectivity index (χ1v) is 23.2. The van der Waals surface area contributed by atoms with E-state index in [4.69, 9.17) is 0 Å². The Bertz CT molecular complexity index is 2710. The fourth-order valence-electron chi connectivity index (χ4n) is 9.86. The standard InChI is InChI=1S/C47H48F2N10O6S/c48-34-23-29(22-32-33(34)26-59(45(32)64)42(44(63)54-46-50-13-21-66-46)41-38-2-1-14-58(38)27-51-41)28-3-6-31(7-4-28)55-17-19-57(20-18-55)40(61)25-47(65)11-15-56(16-12-47)37-9-5-30(24-35(37)49)52-36-8-10-39(60)53-43(36)62/h3-7,9,13,21-24,27,36,42,52,65H,1-2,8,10-12,14-20,25-26H2,(H,50,54,63)(H,53,60,62)/t36-,42?/m0/s1. The number of piperidine rings is 2. The predicted octanol–water partition coefficient (Wildman–Crippen LogP) is 4.85. The second-order valence-electron chi connectivity index (χ2n) is 17.6. The highest BCUT2D eigenvalue weighted by atomic mass is 32.1. The van der Waals surface area contributed by atoms with Gasteiger partial charge in [-0.15, -0.1) is 11.3 Å². The number of nitrogens with zero attached hydrogens (tertiary/aromatic N) is 7. The Hall–Kier alpha value is -6.73. The molecule has 5 amide bonds. The molecule has 3 saturated heterocycles. The smallest absolute Gasteiger partial charge is 0.255 e. The van der Waals surface area contributed by atoms with Crippen molar-refractivity contribution in [3.8, 4) is 11.1 Å². The van der Waals surface area contributed by atoms with Crippen LogP contribution in [0.2, 0.25) is 0 Å². The number of rotatable bonds is 11. The molecular weight excluding hydrogens is 871 g/mol. The van der Waals surface area contributed by atoms with Gasteiger partial charge in [-0.25, -0.2) is 18.7 Å². The number of aromatic nitrogens is 3. The molecule has 66 heavy (non-hydrogen) atoms. The first-order chi connectivity index (χ1) is 31.9. The number of imidazole rings is 1. The average molecular weight is 919 g/mol. The minimum absolute atomic E-state index is 0.0314. The largest absolute Gasteiger partial charge is 0.389 e. The van der Waals surface area contributed by atoms with Crippen molar-refractivity contribution in [3.05, 3.63) is 107 Å². The van der Waals surface area contributed by atoms with Crippen LogP contribution >= 0.6 is 11.3 Å². The third-order valence-corrected chi connectivity index (χ3v) is 14.2. The van der Waals surface area contributed by atoms with Gasteiger partial charge in [0.25, 0.3) is 11.8 Å². The molecule has 16 nitrogen and oxygen atoms in total. The van der Waals surface area contributed by atoms with Gasteiger partial charge in [0.15, 0.2) is 11.2 Å². The highest BCUT2D eigenvalue weighted by Gasteiger charge is 2.42. The van der Waals surface area contributed by atoms with Crippen LogP contribution in [0.1, 0.15) is 71.9 Å². The van der Waals surface area contributed by atoms with Crippen molar-refractivity contribution in [1.82, 2.24) is 29.7 Å². The maximum Gasteiger partial charge on any atom is 0.255 e. The molecule has 0 bridgehead atoms. The van der Waals surface area contributed by atoms with Crippen molar-refractivity contribution in [3.63, 3.8) is 0 Å². The number of imide groups is 1. The van der Waals surface area contributed by atoms with Crippen molar-refractivity contribution in [2.75, 3.05) is 59.7 Å².